The number of hydrogen-bond acceptors (Lipinski definition) is 6. The standard InChI is InChI=1S/C20H19N5O2S/c21-10-11-24(16-5-2-1-3-6-16)18(26)14-28-20-23-22-19(15-8-9-15)25(20)13-17-7-4-12-27-17/h1-7,12,15H,8-9,11,13-14H2. The highest BCUT2D eigenvalue weighted by atomic mass is 32.2. The summed E-state index contributed by atoms with van der Waals surface area (Å²) < 4.78 is 7.51. The second-order valence-electron chi connectivity index (χ2n) is 6.54. The Morgan fingerprint density at radius 1 is 1.25 bits per heavy atom. The maximum absolute atomic E-state index is 12.8. The predicted molar refractivity (Wildman–Crippen MR) is 105 cm³/mol. The molecule has 2 heterocycles. The maximum atomic E-state index is 12.8. The lowest BCUT2D eigenvalue weighted by atomic mass is 10.3. The minimum Gasteiger partial charge on any atom is -0.467 e. The van der Waals surface area contributed by atoms with Crippen LogP contribution in [0, 0.1) is 11.3 Å². The van der Waals surface area contributed by atoms with E-state index in [2.05, 4.69) is 16.3 Å². The van der Waals surface area contributed by atoms with Crippen LogP contribution >= 0.6 is 11.8 Å². The third-order valence-corrected chi connectivity index (χ3v) is 5.46. The van der Waals surface area contributed by atoms with Crippen LogP contribution in [0.4, 0.5) is 5.69 Å². The Morgan fingerprint density at radius 3 is 2.75 bits per heavy atom. The minimum atomic E-state index is -0.140. The van der Waals surface area contributed by atoms with Gasteiger partial charge in [0.05, 0.1) is 24.6 Å². The molecule has 28 heavy (non-hydrogen) atoms. The highest BCUT2D eigenvalue weighted by Gasteiger charge is 2.31. The number of amides is 1. The van der Waals surface area contributed by atoms with Gasteiger partial charge in [0, 0.05) is 11.6 Å². The number of hydrogen-bond donors (Lipinski definition) is 0. The molecule has 4 rings (SSSR count). The summed E-state index contributed by atoms with van der Waals surface area (Å²) in [6.07, 6.45) is 3.88. The van der Waals surface area contributed by atoms with Crippen molar-refractivity contribution in [1.82, 2.24) is 14.8 Å². The number of carbonyl (C=O) groups is 1. The molecule has 142 valence electrons. The van der Waals surface area contributed by atoms with Crippen molar-refractivity contribution in [2.45, 2.75) is 30.5 Å². The van der Waals surface area contributed by atoms with Crippen molar-refractivity contribution in [1.29, 1.82) is 5.26 Å². The number of thioether (sulfide) groups is 1. The van der Waals surface area contributed by atoms with E-state index >= 15 is 0 Å². The molecular weight excluding hydrogens is 374 g/mol. The zero-order valence-electron chi connectivity index (χ0n) is 15.2. The monoisotopic (exact) mass is 393 g/mol. The Morgan fingerprint density at radius 2 is 2.07 bits per heavy atom. The third kappa shape index (κ3) is 4.10. The van der Waals surface area contributed by atoms with Crippen LogP contribution in [0.3, 0.4) is 0 Å². The number of para-hydroxylation sites is 1. The van der Waals surface area contributed by atoms with Gasteiger partial charge < -0.3 is 4.42 Å². The summed E-state index contributed by atoms with van der Waals surface area (Å²) in [5.41, 5.74) is 0.713. The minimum absolute atomic E-state index is 0.00974. The lowest BCUT2D eigenvalue weighted by Gasteiger charge is -2.19. The molecule has 0 N–H and O–H groups in total. The van der Waals surface area contributed by atoms with Gasteiger partial charge in [0.25, 0.3) is 0 Å². The number of nitrogens with zero attached hydrogens (tertiary/aromatic N) is 5. The number of carbonyl (C=O) groups excluding carboxylic acids is 1. The van der Waals surface area contributed by atoms with Crippen LogP contribution in [0.1, 0.15) is 30.3 Å². The van der Waals surface area contributed by atoms with Crippen molar-refractivity contribution in [3.63, 3.8) is 0 Å². The number of furan rings is 1. The van der Waals surface area contributed by atoms with Gasteiger partial charge in [-0.2, -0.15) is 5.26 Å². The topological polar surface area (TPSA) is 88.0 Å². The molecular formula is C20H19N5O2S. The molecule has 0 atom stereocenters. The van der Waals surface area contributed by atoms with E-state index in [1.807, 2.05) is 47.0 Å². The smallest absolute Gasteiger partial charge is 0.238 e. The third-order valence-electron chi connectivity index (χ3n) is 4.50. The molecule has 0 bridgehead atoms. The summed E-state index contributed by atoms with van der Waals surface area (Å²) in [5.74, 6) is 2.25. The molecule has 3 aromatic rings. The molecule has 0 saturated heterocycles. The van der Waals surface area contributed by atoms with Crippen LogP contribution in [-0.2, 0) is 11.3 Å². The van der Waals surface area contributed by atoms with E-state index in [9.17, 15) is 4.79 Å². The second-order valence-corrected chi connectivity index (χ2v) is 7.49. The van der Waals surface area contributed by atoms with E-state index in [0.29, 0.717) is 23.3 Å². The number of anilines is 1. The predicted octanol–water partition coefficient (Wildman–Crippen LogP) is 3.45. The first-order valence-corrected chi connectivity index (χ1v) is 10.1. The summed E-state index contributed by atoms with van der Waals surface area (Å²) in [4.78, 5) is 14.3. The highest BCUT2D eigenvalue weighted by molar-refractivity contribution is 7.99. The van der Waals surface area contributed by atoms with Crippen LogP contribution in [0.25, 0.3) is 0 Å². The van der Waals surface area contributed by atoms with Gasteiger partial charge in [0.15, 0.2) is 5.16 Å². The highest BCUT2D eigenvalue weighted by Crippen LogP contribution is 2.40. The molecule has 0 aliphatic heterocycles. The molecule has 1 fully saturated rings. The van der Waals surface area contributed by atoms with Gasteiger partial charge in [0.1, 0.15) is 18.1 Å². The van der Waals surface area contributed by atoms with Gasteiger partial charge >= 0.3 is 0 Å². The Labute approximate surface area is 167 Å². The van der Waals surface area contributed by atoms with Crippen molar-refractivity contribution in [2.75, 3.05) is 17.2 Å². The van der Waals surface area contributed by atoms with Crippen molar-refractivity contribution in [2.24, 2.45) is 0 Å². The normalized spacial score (nSPS) is 13.2. The Bertz CT molecular complexity index is 974. The Balaban J connectivity index is 1.49. The maximum Gasteiger partial charge on any atom is 0.238 e. The summed E-state index contributed by atoms with van der Waals surface area (Å²) in [7, 11) is 0. The van der Waals surface area contributed by atoms with E-state index in [4.69, 9.17) is 9.68 Å². The summed E-state index contributed by atoms with van der Waals surface area (Å²) >= 11 is 1.34. The van der Waals surface area contributed by atoms with Crippen molar-refractivity contribution in [3.05, 3.63) is 60.3 Å². The molecule has 2 aromatic heterocycles. The summed E-state index contributed by atoms with van der Waals surface area (Å²) in [6, 6.07) is 15.1. The number of nitriles is 1. The van der Waals surface area contributed by atoms with Gasteiger partial charge in [-0.1, -0.05) is 30.0 Å². The van der Waals surface area contributed by atoms with Crippen molar-refractivity contribution >= 4 is 23.4 Å². The Kier molecular flexibility index (Phi) is 5.44. The molecule has 0 spiro atoms. The first-order valence-electron chi connectivity index (χ1n) is 9.07. The Hall–Kier alpha value is -3.05. The summed E-state index contributed by atoms with van der Waals surface area (Å²) in [6.45, 7) is 0.554. The SMILES string of the molecule is N#CCN(C(=O)CSc1nnc(C2CC2)n1Cc1ccco1)c1ccccc1. The van der Waals surface area contributed by atoms with Crippen LogP contribution in [-0.4, -0.2) is 33.0 Å². The van der Waals surface area contributed by atoms with Gasteiger partial charge in [-0.05, 0) is 37.1 Å². The molecule has 1 amide bonds. The van der Waals surface area contributed by atoms with E-state index in [1.54, 1.807) is 6.26 Å². The average Bonchev–Trinajstić information content (AvgIpc) is 3.29. The lowest BCUT2D eigenvalue weighted by Crippen LogP contribution is -2.32. The van der Waals surface area contributed by atoms with Gasteiger partial charge in [-0.15, -0.1) is 10.2 Å². The van der Waals surface area contributed by atoms with Crippen molar-refractivity contribution in [3.8, 4) is 6.07 Å². The fraction of sp³-hybridized carbons (Fsp3) is 0.300. The molecule has 1 saturated carbocycles. The average molecular weight is 393 g/mol. The number of aromatic nitrogens is 3. The molecule has 1 aliphatic rings. The molecule has 8 heteroatoms. The quantitative estimate of drug-likeness (QED) is 0.430. The zero-order chi connectivity index (χ0) is 19.3. The van der Waals surface area contributed by atoms with Gasteiger partial charge in [-0.25, -0.2) is 0 Å². The first-order chi connectivity index (χ1) is 13.8. The molecule has 1 aromatic carbocycles. The lowest BCUT2D eigenvalue weighted by molar-refractivity contribution is -0.116. The van der Waals surface area contributed by atoms with E-state index < -0.39 is 0 Å². The van der Waals surface area contributed by atoms with E-state index in [1.165, 1.54) is 16.7 Å². The second kappa shape index (κ2) is 8.31. The fourth-order valence-electron chi connectivity index (χ4n) is 2.96. The number of benzene rings is 1. The number of rotatable bonds is 8. The van der Waals surface area contributed by atoms with Gasteiger partial charge in [0.2, 0.25) is 5.91 Å². The van der Waals surface area contributed by atoms with Crippen LogP contribution < -0.4 is 4.90 Å². The van der Waals surface area contributed by atoms with Gasteiger partial charge in [-0.3, -0.25) is 14.3 Å². The fourth-order valence-corrected chi connectivity index (χ4v) is 3.78. The molecule has 0 unspecified atom stereocenters. The van der Waals surface area contributed by atoms with Crippen LogP contribution in [0.5, 0.6) is 0 Å². The van der Waals surface area contributed by atoms with E-state index in [-0.39, 0.29) is 18.2 Å². The van der Waals surface area contributed by atoms with Crippen LogP contribution in [0.2, 0.25) is 0 Å². The largest absolute Gasteiger partial charge is 0.467 e. The molecule has 0 radical (unpaired) electrons. The first kappa shape index (κ1) is 18.3. The molecule has 7 nitrogen and oxygen atoms in total. The van der Waals surface area contributed by atoms with Crippen molar-refractivity contribution < 1.29 is 9.21 Å². The zero-order valence-corrected chi connectivity index (χ0v) is 16.0. The van der Waals surface area contributed by atoms with Crippen LogP contribution in [0.15, 0.2) is 58.3 Å². The summed E-state index contributed by atoms with van der Waals surface area (Å²) in [5, 5.41) is 18.5. The van der Waals surface area contributed by atoms with E-state index in [0.717, 1.165) is 24.4 Å². The molecule has 1 aliphatic carbocycles.